The molecule has 1 heterocycles. The fourth-order valence-corrected chi connectivity index (χ4v) is 6.74. The molecule has 0 amide bonds. The van der Waals surface area contributed by atoms with Crippen LogP contribution in [0, 0.1) is 0 Å². The Bertz CT molecular complexity index is 1070. The van der Waals surface area contributed by atoms with Crippen molar-refractivity contribution >= 4 is 11.6 Å². The Kier molecular flexibility index (Phi) is 27.9. The highest BCUT2D eigenvalue weighted by atomic mass is 16.5. The van der Waals surface area contributed by atoms with Crippen LogP contribution in [-0.4, -0.2) is 29.8 Å². The molecule has 0 fully saturated rings. The molecule has 5 heteroatoms. The maximum Gasteiger partial charge on any atom is 0.188 e. The second-order valence-corrected chi connectivity index (χ2v) is 14.8. The van der Waals surface area contributed by atoms with Gasteiger partial charge >= 0.3 is 0 Å². The van der Waals surface area contributed by atoms with E-state index in [-0.39, 0.29) is 18.0 Å². The van der Waals surface area contributed by atoms with Crippen LogP contribution in [0.3, 0.4) is 0 Å². The second kappa shape index (κ2) is 32.0. The molecule has 0 saturated carbocycles. The highest BCUT2D eigenvalue weighted by Crippen LogP contribution is 2.25. The van der Waals surface area contributed by atoms with Crippen molar-refractivity contribution in [2.45, 2.75) is 200 Å². The maximum absolute atomic E-state index is 13.2. The molecule has 51 heavy (non-hydrogen) atoms. The summed E-state index contributed by atoms with van der Waals surface area (Å²) in [6.07, 6.45) is 38.3. The minimum Gasteiger partial charge on any atom is -0.493 e. The van der Waals surface area contributed by atoms with Crippen LogP contribution in [0.1, 0.15) is 221 Å². The molecular weight excluding hydrogens is 631 g/mol. The Hall–Kier alpha value is -2.69. The lowest BCUT2D eigenvalue weighted by molar-refractivity contribution is 0.0890. The number of benzene rings is 1. The quantitative estimate of drug-likeness (QED) is 0.0401. The van der Waals surface area contributed by atoms with Gasteiger partial charge in [0.15, 0.2) is 11.6 Å². The fraction of sp³-hybridized carbons (Fsp3) is 0.717. The maximum atomic E-state index is 13.2. The first-order valence-corrected chi connectivity index (χ1v) is 21.5. The molecule has 0 spiro atoms. The van der Waals surface area contributed by atoms with Crippen molar-refractivity contribution in [3.63, 3.8) is 0 Å². The number of carbonyl (C=O) groups is 2. The van der Waals surface area contributed by atoms with Gasteiger partial charge in [-0.05, 0) is 37.1 Å². The van der Waals surface area contributed by atoms with Gasteiger partial charge in [-0.2, -0.15) is 0 Å². The molecule has 0 saturated heterocycles. The van der Waals surface area contributed by atoms with E-state index < -0.39 is 0 Å². The van der Waals surface area contributed by atoms with Gasteiger partial charge in [-0.25, -0.2) is 0 Å². The van der Waals surface area contributed by atoms with Gasteiger partial charge in [-0.15, -0.1) is 0 Å². The number of nitrogens with zero attached hydrogens (tertiary/aromatic N) is 1. The number of unbranched alkanes of at least 4 members (excludes halogenated alkanes) is 26. The standard InChI is InChI=1S/C46H75NO4/c1-3-5-7-9-11-13-15-17-19-21-23-25-27-31-35-50-42-37-41(45(48)40-46(49)44-33-29-30-34-47-44)38-43(39-42)51-36-32-28-26-24-22-20-18-16-14-12-10-8-6-4-2/h29-30,33-34,37-39H,3-28,31-32,35-36,40H2,1-2H3. The van der Waals surface area contributed by atoms with Crippen molar-refractivity contribution in [2.24, 2.45) is 0 Å². The van der Waals surface area contributed by atoms with E-state index in [1.54, 1.807) is 36.5 Å². The molecule has 0 N–H and O–H groups in total. The Balaban J connectivity index is 1.68. The number of hydrogen-bond acceptors (Lipinski definition) is 5. The summed E-state index contributed by atoms with van der Waals surface area (Å²) >= 11 is 0. The largest absolute Gasteiger partial charge is 0.493 e. The van der Waals surface area contributed by atoms with Crippen molar-refractivity contribution < 1.29 is 19.1 Å². The molecule has 0 aliphatic heterocycles. The van der Waals surface area contributed by atoms with Crippen molar-refractivity contribution in [3.8, 4) is 11.5 Å². The summed E-state index contributed by atoms with van der Waals surface area (Å²) in [5.74, 6) is 0.752. The molecular formula is C46H75NO4. The predicted octanol–water partition coefficient (Wildman–Crippen LogP) is 14.3. The summed E-state index contributed by atoms with van der Waals surface area (Å²) in [4.78, 5) is 30.0. The number of rotatable bonds is 36. The highest BCUT2D eigenvalue weighted by Gasteiger charge is 2.17. The monoisotopic (exact) mass is 706 g/mol. The number of carbonyl (C=O) groups excluding carboxylic acids is 2. The van der Waals surface area contributed by atoms with E-state index in [0.717, 1.165) is 25.7 Å². The minimum atomic E-state index is -0.279. The van der Waals surface area contributed by atoms with E-state index in [1.807, 2.05) is 6.07 Å². The lowest BCUT2D eigenvalue weighted by Gasteiger charge is -2.12. The van der Waals surface area contributed by atoms with Crippen LogP contribution >= 0.6 is 0 Å². The molecule has 1 aromatic carbocycles. The van der Waals surface area contributed by atoms with Gasteiger partial charge in [-0.3, -0.25) is 14.6 Å². The van der Waals surface area contributed by atoms with Gasteiger partial charge in [0.25, 0.3) is 0 Å². The summed E-state index contributed by atoms with van der Waals surface area (Å²) in [6, 6.07) is 10.6. The zero-order valence-electron chi connectivity index (χ0n) is 33.0. The molecule has 0 radical (unpaired) electrons. The average molecular weight is 706 g/mol. The van der Waals surface area contributed by atoms with Crippen LogP contribution < -0.4 is 9.47 Å². The fourth-order valence-electron chi connectivity index (χ4n) is 6.74. The van der Waals surface area contributed by atoms with Gasteiger partial charge in [0.2, 0.25) is 0 Å². The van der Waals surface area contributed by atoms with Crippen LogP contribution in [0.2, 0.25) is 0 Å². The van der Waals surface area contributed by atoms with Crippen LogP contribution in [0.15, 0.2) is 42.6 Å². The number of hydrogen-bond donors (Lipinski definition) is 0. The van der Waals surface area contributed by atoms with Crippen LogP contribution in [-0.2, 0) is 0 Å². The van der Waals surface area contributed by atoms with Crippen LogP contribution in [0.25, 0.3) is 0 Å². The normalized spacial score (nSPS) is 11.2. The van der Waals surface area contributed by atoms with Gasteiger partial charge in [0.1, 0.15) is 17.2 Å². The number of ketones is 2. The van der Waals surface area contributed by atoms with Crippen LogP contribution in [0.4, 0.5) is 0 Å². The van der Waals surface area contributed by atoms with E-state index in [1.165, 1.54) is 154 Å². The van der Waals surface area contributed by atoms with E-state index >= 15 is 0 Å². The SMILES string of the molecule is CCCCCCCCCCCCCCCCOc1cc(OCCCCCCCCCCCCCCCC)cc(C(=O)CC(=O)c2ccccn2)c1. The molecule has 1 aromatic heterocycles. The topological polar surface area (TPSA) is 65.5 Å². The van der Waals surface area contributed by atoms with Crippen molar-refractivity contribution in [2.75, 3.05) is 13.2 Å². The summed E-state index contributed by atoms with van der Waals surface area (Å²) in [5.41, 5.74) is 0.763. The Morgan fingerprint density at radius 2 is 0.843 bits per heavy atom. The number of ether oxygens (including phenoxy) is 2. The first-order chi connectivity index (χ1) is 25.1. The Labute approximate surface area is 313 Å². The number of aromatic nitrogens is 1. The summed E-state index contributed by atoms with van der Waals surface area (Å²) in [6.45, 7) is 5.78. The molecule has 2 rings (SSSR count). The molecule has 0 atom stereocenters. The lowest BCUT2D eigenvalue weighted by atomic mass is 10.0. The zero-order chi connectivity index (χ0) is 36.5. The molecule has 0 aliphatic carbocycles. The van der Waals surface area contributed by atoms with Crippen molar-refractivity contribution in [1.29, 1.82) is 0 Å². The number of Topliss-reactive ketones (excluding diaryl/α,β-unsaturated/α-hetero) is 2. The minimum absolute atomic E-state index is 0.224. The second-order valence-electron chi connectivity index (χ2n) is 14.8. The first-order valence-electron chi connectivity index (χ1n) is 21.5. The molecule has 0 bridgehead atoms. The van der Waals surface area contributed by atoms with Crippen molar-refractivity contribution in [1.82, 2.24) is 4.98 Å². The Morgan fingerprint density at radius 3 is 1.20 bits per heavy atom. The van der Waals surface area contributed by atoms with E-state index in [0.29, 0.717) is 36.0 Å². The van der Waals surface area contributed by atoms with Gasteiger partial charge < -0.3 is 9.47 Å². The zero-order valence-corrected chi connectivity index (χ0v) is 33.0. The summed E-state index contributed by atoms with van der Waals surface area (Å²) in [7, 11) is 0. The molecule has 0 unspecified atom stereocenters. The number of pyridine rings is 1. The molecule has 2 aromatic rings. The average Bonchev–Trinajstić information content (AvgIpc) is 3.15. The van der Waals surface area contributed by atoms with E-state index in [4.69, 9.17) is 9.47 Å². The third-order valence-electron chi connectivity index (χ3n) is 10.0. The third-order valence-corrected chi connectivity index (χ3v) is 10.0. The summed E-state index contributed by atoms with van der Waals surface area (Å²) < 4.78 is 12.3. The van der Waals surface area contributed by atoms with Gasteiger partial charge in [0.05, 0.1) is 19.6 Å². The molecule has 5 nitrogen and oxygen atoms in total. The smallest absolute Gasteiger partial charge is 0.188 e. The van der Waals surface area contributed by atoms with Gasteiger partial charge in [0, 0.05) is 17.8 Å². The van der Waals surface area contributed by atoms with Gasteiger partial charge in [-0.1, -0.05) is 187 Å². The Morgan fingerprint density at radius 1 is 0.471 bits per heavy atom. The van der Waals surface area contributed by atoms with E-state index in [9.17, 15) is 9.59 Å². The van der Waals surface area contributed by atoms with E-state index in [2.05, 4.69) is 18.8 Å². The predicted molar refractivity (Wildman–Crippen MR) is 216 cm³/mol. The summed E-state index contributed by atoms with van der Waals surface area (Å²) in [5, 5.41) is 0. The molecule has 0 aliphatic rings. The first kappa shape index (κ1) is 44.5. The van der Waals surface area contributed by atoms with Crippen molar-refractivity contribution in [3.05, 3.63) is 53.9 Å². The van der Waals surface area contributed by atoms with Crippen LogP contribution in [0.5, 0.6) is 11.5 Å². The molecule has 288 valence electrons. The third kappa shape index (κ3) is 24.2. The highest BCUT2D eigenvalue weighted by molar-refractivity contribution is 6.13. The lowest BCUT2D eigenvalue weighted by Crippen LogP contribution is -2.11.